The first-order valence-corrected chi connectivity index (χ1v) is 9.13. The Kier molecular flexibility index (Phi) is 10.7. The van der Waals surface area contributed by atoms with Crippen LogP contribution in [0.3, 0.4) is 0 Å². The molecular weight excluding hydrogens is 467 g/mol. The summed E-state index contributed by atoms with van der Waals surface area (Å²) in [6, 6.07) is 8.26. The standard InChI is InChI=1S/C18H27ClN4O2.HI/c1-3-25-17(24)8-5-10-21-18(20-2)22-15-9-11-23(13-15)16-7-4-6-14(19)12-16;/h4,6-7,12,15H,3,5,8-11,13H2,1-2H3,(H2,20,21,22);1H. The highest BCUT2D eigenvalue weighted by atomic mass is 127. The first kappa shape index (κ1) is 22.8. The molecule has 1 aromatic rings. The highest BCUT2D eigenvalue weighted by Crippen LogP contribution is 2.23. The van der Waals surface area contributed by atoms with Gasteiger partial charge in [-0.2, -0.15) is 0 Å². The molecule has 8 heteroatoms. The average Bonchev–Trinajstić information content (AvgIpc) is 3.06. The Hall–Kier alpha value is -1.22. The fourth-order valence-electron chi connectivity index (χ4n) is 2.85. The molecule has 2 N–H and O–H groups in total. The maximum absolute atomic E-state index is 11.3. The average molecular weight is 495 g/mol. The van der Waals surface area contributed by atoms with Gasteiger partial charge in [-0.25, -0.2) is 0 Å². The molecule has 0 spiro atoms. The maximum atomic E-state index is 11.3. The van der Waals surface area contributed by atoms with Gasteiger partial charge in [-0.3, -0.25) is 9.79 Å². The molecule has 1 fully saturated rings. The molecule has 1 aliphatic rings. The van der Waals surface area contributed by atoms with Crippen molar-refractivity contribution in [1.29, 1.82) is 0 Å². The van der Waals surface area contributed by atoms with Crippen LogP contribution in [0, 0.1) is 0 Å². The van der Waals surface area contributed by atoms with E-state index in [0.717, 1.165) is 42.6 Å². The zero-order valence-electron chi connectivity index (χ0n) is 15.3. The van der Waals surface area contributed by atoms with Crippen LogP contribution < -0.4 is 15.5 Å². The Balaban J connectivity index is 0.00000338. The van der Waals surface area contributed by atoms with Gasteiger partial charge in [0.25, 0.3) is 0 Å². The van der Waals surface area contributed by atoms with Crippen LogP contribution in [0.25, 0.3) is 0 Å². The van der Waals surface area contributed by atoms with Gasteiger partial charge >= 0.3 is 5.97 Å². The molecular formula is C18H28ClIN4O2. The first-order valence-electron chi connectivity index (χ1n) is 8.75. The summed E-state index contributed by atoms with van der Waals surface area (Å²) in [4.78, 5) is 17.9. The molecule has 26 heavy (non-hydrogen) atoms. The minimum absolute atomic E-state index is 0. The van der Waals surface area contributed by atoms with Crippen molar-refractivity contribution >= 4 is 53.2 Å². The van der Waals surface area contributed by atoms with Crippen LogP contribution in [0.5, 0.6) is 0 Å². The minimum Gasteiger partial charge on any atom is -0.466 e. The van der Waals surface area contributed by atoms with Crippen molar-refractivity contribution in [1.82, 2.24) is 10.6 Å². The van der Waals surface area contributed by atoms with Gasteiger partial charge in [-0.05, 0) is 38.0 Å². The number of anilines is 1. The summed E-state index contributed by atoms with van der Waals surface area (Å²) in [6.07, 6.45) is 2.18. The third-order valence-electron chi connectivity index (χ3n) is 4.08. The number of hydrogen-bond acceptors (Lipinski definition) is 4. The van der Waals surface area contributed by atoms with Crippen LogP contribution in [0.1, 0.15) is 26.2 Å². The predicted molar refractivity (Wildman–Crippen MR) is 118 cm³/mol. The van der Waals surface area contributed by atoms with E-state index in [1.54, 1.807) is 7.05 Å². The minimum atomic E-state index is -0.153. The third-order valence-corrected chi connectivity index (χ3v) is 4.32. The summed E-state index contributed by atoms with van der Waals surface area (Å²) in [5, 5.41) is 7.45. The number of ether oxygens (including phenoxy) is 1. The molecule has 1 aliphatic heterocycles. The Labute approximate surface area is 177 Å². The predicted octanol–water partition coefficient (Wildman–Crippen LogP) is 3.05. The number of esters is 1. The largest absolute Gasteiger partial charge is 0.466 e. The highest BCUT2D eigenvalue weighted by Gasteiger charge is 2.23. The lowest BCUT2D eigenvalue weighted by Crippen LogP contribution is -2.44. The van der Waals surface area contributed by atoms with Crippen molar-refractivity contribution in [2.75, 3.05) is 38.2 Å². The van der Waals surface area contributed by atoms with Crippen molar-refractivity contribution in [2.24, 2.45) is 4.99 Å². The van der Waals surface area contributed by atoms with E-state index in [0.29, 0.717) is 25.6 Å². The van der Waals surface area contributed by atoms with E-state index in [9.17, 15) is 4.79 Å². The molecule has 0 bridgehead atoms. The summed E-state index contributed by atoms with van der Waals surface area (Å²) >= 11 is 6.08. The van der Waals surface area contributed by atoms with E-state index in [1.807, 2.05) is 25.1 Å². The zero-order valence-corrected chi connectivity index (χ0v) is 18.4. The van der Waals surface area contributed by atoms with Crippen LogP contribution >= 0.6 is 35.6 Å². The van der Waals surface area contributed by atoms with Crippen molar-refractivity contribution in [2.45, 2.75) is 32.2 Å². The Morgan fingerprint density at radius 1 is 1.46 bits per heavy atom. The number of hydrogen-bond donors (Lipinski definition) is 2. The van der Waals surface area contributed by atoms with Gasteiger partial charge in [0.2, 0.25) is 0 Å². The SMILES string of the molecule is CCOC(=O)CCCNC(=NC)NC1CCN(c2cccc(Cl)c2)C1.I. The number of carbonyl (C=O) groups excluding carboxylic acids is 1. The summed E-state index contributed by atoms with van der Waals surface area (Å²) in [7, 11) is 1.75. The van der Waals surface area contributed by atoms with Crippen LogP contribution in [-0.2, 0) is 9.53 Å². The highest BCUT2D eigenvalue weighted by molar-refractivity contribution is 14.0. The van der Waals surface area contributed by atoms with Crippen LogP contribution in [-0.4, -0.2) is 51.3 Å². The number of benzene rings is 1. The van der Waals surface area contributed by atoms with Crippen molar-refractivity contribution in [3.05, 3.63) is 29.3 Å². The number of nitrogens with one attached hydrogen (secondary N) is 2. The lowest BCUT2D eigenvalue weighted by Gasteiger charge is -2.20. The lowest BCUT2D eigenvalue weighted by atomic mass is 10.2. The van der Waals surface area contributed by atoms with Gasteiger partial charge in [0, 0.05) is 49.9 Å². The van der Waals surface area contributed by atoms with Crippen molar-refractivity contribution < 1.29 is 9.53 Å². The van der Waals surface area contributed by atoms with E-state index in [1.165, 1.54) is 0 Å². The molecule has 146 valence electrons. The van der Waals surface area contributed by atoms with Gasteiger partial charge in [0.1, 0.15) is 0 Å². The fourth-order valence-corrected chi connectivity index (χ4v) is 3.03. The van der Waals surface area contributed by atoms with Gasteiger partial charge in [0.15, 0.2) is 5.96 Å². The van der Waals surface area contributed by atoms with E-state index in [-0.39, 0.29) is 29.9 Å². The van der Waals surface area contributed by atoms with Crippen LogP contribution in [0.4, 0.5) is 5.69 Å². The quantitative estimate of drug-likeness (QED) is 0.201. The van der Waals surface area contributed by atoms with E-state index in [2.05, 4.69) is 26.6 Å². The number of rotatable bonds is 7. The number of guanidine groups is 1. The number of carbonyl (C=O) groups is 1. The second-order valence-electron chi connectivity index (χ2n) is 5.96. The van der Waals surface area contributed by atoms with Crippen molar-refractivity contribution in [3.8, 4) is 0 Å². The number of halogens is 2. The van der Waals surface area contributed by atoms with Crippen molar-refractivity contribution in [3.63, 3.8) is 0 Å². The second kappa shape index (κ2) is 12.2. The van der Waals surface area contributed by atoms with Crippen LogP contribution in [0.15, 0.2) is 29.3 Å². The molecule has 0 aromatic heterocycles. The molecule has 0 amide bonds. The Bertz CT molecular complexity index is 600. The Morgan fingerprint density at radius 2 is 2.27 bits per heavy atom. The van der Waals surface area contributed by atoms with E-state index >= 15 is 0 Å². The molecule has 0 radical (unpaired) electrons. The molecule has 0 aliphatic carbocycles. The summed E-state index contributed by atoms with van der Waals surface area (Å²) in [6.45, 7) is 4.82. The fraction of sp³-hybridized carbons (Fsp3) is 0.556. The summed E-state index contributed by atoms with van der Waals surface area (Å²) < 4.78 is 4.92. The molecule has 2 rings (SSSR count). The second-order valence-corrected chi connectivity index (χ2v) is 6.40. The number of nitrogens with zero attached hydrogens (tertiary/aromatic N) is 2. The zero-order chi connectivity index (χ0) is 18.1. The molecule has 1 heterocycles. The van der Waals surface area contributed by atoms with Gasteiger partial charge in [-0.1, -0.05) is 17.7 Å². The molecule has 0 saturated carbocycles. The summed E-state index contributed by atoms with van der Waals surface area (Å²) in [5.41, 5.74) is 1.15. The lowest BCUT2D eigenvalue weighted by molar-refractivity contribution is -0.143. The molecule has 6 nitrogen and oxygen atoms in total. The Morgan fingerprint density at radius 3 is 2.96 bits per heavy atom. The molecule has 1 unspecified atom stereocenters. The van der Waals surface area contributed by atoms with Gasteiger partial charge in [0.05, 0.1) is 6.61 Å². The maximum Gasteiger partial charge on any atom is 0.305 e. The summed E-state index contributed by atoms with van der Waals surface area (Å²) in [5.74, 6) is 0.613. The third kappa shape index (κ3) is 7.57. The first-order chi connectivity index (χ1) is 12.1. The topological polar surface area (TPSA) is 66.0 Å². The molecule has 1 aromatic carbocycles. The normalized spacial score (nSPS) is 16.8. The van der Waals surface area contributed by atoms with E-state index < -0.39 is 0 Å². The van der Waals surface area contributed by atoms with E-state index in [4.69, 9.17) is 16.3 Å². The van der Waals surface area contributed by atoms with Gasteiger partial charge < -0.3 is 20.3 Å². The number of aliphatic imine (C=N–C) groups is 1. The molecule has 1 saturated heterocycles. The monoisotopic (exact) mass is 494 g/mol. The molecule has 1 atom stereocenters. The van der Waals surface area contributed by atoms with Gasteiger partial charge in [-0.15, -0.1) is 24.0 Å². The van der Waals surface area contributed by atoms with Crippen LogP contribution in [0.2, 0.25) is 5.02 Å². The smallest absolute Gasteiger partial charge is 0.305 e.